The normalized spacial score (nSPS) is 14.1. The Hall–Kier alpha value is -3.71. The number of nitrogens with zero attached hydrogens (tertiary/aromatic N) is 3. The Morgan fingerprint density at radius 1 is 1.06 bits per heavy atom. The van der Waals surface area contributed by atoms with Crippen LogP contribution in [-0.2, 0) is 9.53 Å². The molecule has 0 spiro atoms. The summed E-state index contributed by atoms with van der Waals surface area (Å²) >= 11 is 0. The van der Waals surface area contributed by atoms with Crippen LogP contribution in [0.3, 0.4) is 0 Å². The highest BCUT2D eigenvalue weighted by Gasteiger charge is 2.32. The summed E-state index contributed by atoms with van der Waals surface area (Å²) in [6.07, 6.45) is 2.30. The third-order valence-corrected chi connectivity index (χ3v) is 5.29. The number of pyridine rings is 1. The van der Waals surface area contributed by atoms with Crippen molar-refractivity contribution >= 4 is 16.8 Å². The van der Waals surface area contributed by atoms with Crippen molar-refractivity contribution in [3.8, 4) is 11.6 Å². The Bertz CT molecular complexity index is 1160. The molecule has 1 unspecified atom stereocenters. The van der Waals surface area contributed by atoms with Crippen LogP contribution in [0, 0.1) is 5.92 Å². The second-order valence-electron chi connectivity index (χ2n) is 7.33. The molecule has 2 aromatic heterocycles. The van der Waals surface area contributed by atoms with Gasteiger partial charge in [0.2, 0.25) is 5.91 Å². The van der Waals surface area contributed by atoms with Gasteiger partial charge in [0.25, 0.3) is 0 Å². The van der Waals surface area contributed by atoms with E-state index in [0.717, 1.165) is 22.3 Å². The standard InChI is InChI=1S/C24H24N4O3/c1-16(23(30-2)24(25)29)22(17-8-4-3-5-9-17)31-19-11-12-20-18(14-19)15-27-28(20)21-10-6-7-13-26-21/h3-16,22-23H,1-2H3,(H2,25,29)/t16-,22+,23?/m0/s1. The smallest absolute Gasteiger partial charge is 0.246 e. The molecule has 4 rings (SSSR count). The number of benzene rings is 2. The van der Waals surface area contributed by atoms with E-state index in [-0.39, 0.29) is 5.92 Å². The number of ether oxygens (including phenoxy) is 2. The first kappa shape index (κ1) is 20.6. The summed E-state index contributed by atoms with van der Waals surface area (Å²) in [7, 11) is 1.48. The first-order valence-corrected chi connectivity index (χ1v) is 10.0. The van der Waals surface area contributed by atoms with Gasteiger partial charge < -0.3 is 15.2 Å². The first-order valence-electron chi connectivity index (χ1n) is 10.0. The minimum atomic E-state index is -0.777. The topological polar surface area (TPSA) is 92.3 Å². The third-order valence-electron chi connectivity index (χ3n) is 5.29. The molecule has 3 atom stereocenters. The van der Waals surface area contributed by atoms with E-state index in [1.165, 1.54) is 7.11 Å². The summed E-state index contributed by atoms with van der Waals surface area (Å²) in [5, 5.41) is 5.38. The van der Waals surface area contributed by atoms with Gasteiger partial charge in [-0.1, -0.05) is 43.3 Å². The van der Waals surface area contributed by atoms with Crippen LogP contribution in [0.5, 0.6) is 5.75 Å². The molecule has 0 aliphatic heterocycles. The molecule has 0 saturated heterocycles. The molecule has 158 valence electrons. The second kappa shape index (κ2) is 8.97. The van der Waals surface area contributed by atoms with E-state index in [1.807, 2.05) is 73.7 Å². The highest BCUT2D eigenvalue weighted by atomic mass is 16.5. The molecule has 0 saturated carbocycles. The van der Waals surface area contributed by atoms with Gasteiger partial charge >= 0.3 is 0 Å². The van der Waals surface area contributed by atoms with Crippen LogP contribution in [0.4, 0.5) is 0 Å². The minimum Gasteiger partial charge on any atom is -0.485 e. The van der Waals surface area contributed by atoms with Crippen LogP contribution >= 0.6 is 0 Å². The summed E-state index contributed by atoms with van der Waals surface area (Å²) in [5.74, 6) is 0.572. The highest BCUT2D eigenvalue weighted by Crippen LogP contribution is 2.33. The maximum absolute atomic E-state index is 11.9. The number of rotatable bonds is 8. The number of aromatic nitrogens is 3. The Morgan fingerprint density at radius 3 is 2.52 bits per heavy atom. The molecule has 0 aliphatic rings. The van der Waals surface area contributed by atoms with E-state index in [1.54, 1.807) is 17.1 Å². The van der Waals surface area contributed by atoms with Gasteiger partial charge in [-0.05, 0) is 35.9 Å². The number of hydrogen-bond acceptors (Lipinski definition) is 5. The van der Waals surface area contributed by atoms with Crippen molar-refractivity contribution in [2.24, 2.45) is 11.7 Å². The maximum Gasteiger partial charge on any atom is 0.246 e. The van der Waals surface area contributed by atoms with Crippen molar-refractivity contribution < 1.29 is 14.3 Å². The highest BCUT2D eigenvalue weighted by molar-refractivity contribution is 5.81. The number of fused-ring (bicyclic) bond motifs is 1. The fourth-order valence-electron chi connectivity index (χ4n) is 3.76. The molecule has 0 radical (unpaired) electrons. The van der Waals surface area contributed by atoms with Crippen molar-refractivity contribution in [3.63, 3.8) is 0 Å². The molecule has 7 nitrogen and oxygen atoms in total. The van der Waals surface area contributed by atoms with Gasteiger partial charge in [0.05, 0.1) is 11.7 Å². The van der Waals surface area contributed by atoms with E-state index < -0.39 is 18.1 Å². The molecule has 0 aliphatic carbocycles. The number of nitrogens with two attached hydrogens (primary N) is 1. The molecule has 4 aromatic rings. The molecule has 31 heavy (non-hydrogen) atoms. The van der Waals surface area contributed by atoms with Gasteiger partial charge in [0, 0.05) is 24.6 Å². The SMILES string of the molecule is COC(C(N)=O)[C@@H](C)[C@@H](Oc1ccc2c(cnn2-c2ccccn2)c1)c1ccccc1. The number of amides is 1. The van der Waals surface area contributed by atoms with E-state index in [4.69, 9.17) is 15.2 Å². The van der Waals surface area contributed by atoms with Crippen molar-refractivity contribution in [3.05, 3.63) is 84.7 Å². The van der Waals surface area contributed by atoms with Gasteiger partial charge in [-0.15, -0.1) is 0 Å². The lowest BCUT2D eigenvalue weighted by molar-refractivity contribution is -0.133. The van der Waals surface area contributed by atoms with Crippen LogP contribution in [0.2, 0.25) is 0 Å². The number of carbonyl (C=O) groups is 1. The van der Waals surface area contributed by atoms with Crippen LogP contribution in [0.15, 0.2) is 79.1 Å². The molecule has 2 aromatic carbocycles. The Kier molecular flexibility index (Phi) is 5.95. The molecule has 7 heteroatoms. The monoisotopic (exact) mass is 416 g/mol. The summed E-state index contributed by atoms with van der Waals surface area (Å²) in [5.41, 5.74) is 7.41. The average Bonchev–Trinajstić information content (AvgIpc) is 3.22. The van der Waals surface area contributed by atoms with Gasteiger partial charge in [-0.3, -0.25) is 4.79 Å². The fraction of sp³-hybridized carbons (Fsp3) is 0.208. The predicted octanol–water partition coefficient (Wildman–Crippen LogP) is 3.68. The van der Waals surface area contributed by atoms with Crippen molar-refractivity contribution in [2.75, 3.05) is 7.11 Å². The zero-order chi connectivity index (χ0) is 21.8. The zero-order valence-electron chi connectivity index (χ0n) is 17.4. The lowest BCUT2D eigenvalue weighted by atomic mass is 9.91. The molecule has 1 amide bonds. The van der Waals surface area contributed by atoms with E-state index in [0.29, 0.717) is 5.75 Å². The second-order valence-corrected chi connectivity index (χ2v) is 7.33. The summed E-state index contributed by atoms with van der Waals surface area (Å²) < 4.78 is 13.5. The Morgan fingerprint density at radius 2 is 1.84 bits per heavy atom. The molecule has 0 fully saturated rings. The molecule has 2 N–H and O–H groups in total. The van der Waals surface area contributed by atoms with Crippen molar-refractivity contribution in [1.29, 1.82) is 0 Å². The minimum absolute atomic E-state index is 0.308. The van der Waals surface area contributed by atoms with Crippen molar-refractivity contribution in [1.82, 2.24) is 14.8 Å². The van der Waals surface area contributed by atoms with Crippen LogP contribution in [0.25, 0.3) is 16.7 Å². The lowest BCUT2D eigenvalue weighted by Crippen LogP contribution is -2.39. The fourth-order valence-corrected chi connectivity index (χ4v) is 3.76. The lowest BCUT2D eigenvalue weighted by Gasteiger charge is -2.29. The molecule has 0 bridgehead atoms. The summed E-state index contributed by atoms with van der Waals surface area (Å²) in [6.45, 7) is 1.90. The van der Waals surface area contributed by atoms with Gasteiger partial charge in [-0.25, -0.2) is 9.67 Å². The molecular weight excluding hydrogens is 392 g/mol. The van der Waals surface area contributed by atoms with Crippen LogP contribution in [0.1, 0.15) is 18.6 Å². The Balaban J connectivity index is 1.67. The number of primary amides is 1. The number of carbonyl (C=O) groups excluding carboxylic acids is 1. The Labute approximate surface area is 180 Å². The van der Waals surface area contributed by atoms with Crippen LogP contribution < -0.4 is 10.5 Å². The molecule has 2 heterocycles. The number of hydrogen-bond donors (Lipinski definition) is 1. The van der Waals surface area contributed by atoms with Gasteiger partial charge in [0.15, 0.2) is 5.82 Å². The van der Waals surface area contributed by atoms with Crippen LogP contribution in [-0.4, -0.2) is 33.9 Å². The first-order chi connectivity index (χ1) is 15.1. The maximum atomic E-state index is 11.9. The van der Waals surface area contributed by atoms with E-state index >= 15 is 0 Å². The average molecular weight is 416 g/mol. The molecular formula is C24H24N4O3. The van der Waals surface area contributed by atoms with Crippen molar-refractivity contribution in [2.45, 2.75) is 19.1 Å². The largest absolute Gasteiger partial charge is 0.485 e. The third kappa shape index (κ3) is 4.27. The van der Waals surface area contributed by atoms with Gasteiger partial charge in [-0.2, -0.15) is 5.10 Å². The quantitative estimate of drug-likeness (QED) is 0.473. The number of methoxy groups -OCH3 is 1. The van der Waals surface area contributed by atoms with E-state index in [2.05, 4.69) is 10.1 Å². The predicted molar refractivity (Wildman–Crippen MR) is 118 cm³/mol. The van der Waals surface area contributed by atoms with Gasteiger partial charge in [0.1, 0.15) is 18.0 Å². The zero-order valence-corrected chi connectivity index (χ0v) is 17.4. The summed E-state index contributed by atoms with van der Waals surface area (Å²) in [4.78, 5) is 16.3. The van der Waals surface area contributed by atoms with E-state index in [9.17, 15) is 4.79 Å². The summed E-state index contributed by atoms with van der Waals surface area (Å²) in [6, 6.07) is 21.2.